The van der Waals surface area contributed by atoms with Crippen molar-refractivity contribution in [3.05, 3.63) is 48.0 Å². The average Bonchev–Trinajstić information content (AvgIpc) is 2.95. The number of carbonyl (C=O) groups is 3. The molecule has 0 N–H and O–H groups in total. The number of hydrogen-bond donors (Lipinski definition) is 0. The standard InChI is InChI=1S/C17H17NO6/c1-22-13(19)8-10-17(11-9-14(20)23-2)16(21)24-15(18-17)12-6-4-3-5-7-12/h3-8,10H,9,11H2,1-2H3/b10-8-. The summed E-state index contributed by atoms with van der Waals surface area (Å²) < 4.78 is 14.4. The van der Waals surface area contributed by atoms with Crippen LogP contribution in [0.4, 0.5) is 0 Å². The summed E-state index contributed by atoms with van der Waals surface area (Å²) in [5, 5.41) is 0. The van der Waals surface area contributed by atoms with Gasteiger partial charge >= 0.3 is 17.9 Å². The molecule has 1 aromatic rings. The molecule has 0 amide bonds. The molecule has 1 atom stereocenters. The molecule has 0 saturated carbocycles. The minimum atomic E-state index is -1.46. The highest BCUT2D eigenvalue weighted by molar-refractivity contribution is 6.09. The number of cyclic esters (lactones) is 1. The Morgan fingerprint density at radius 1 is 1.21 bits per heavy atom. The monoisotopic (exact) mass is 331 g/mol. The molecule has 0 saturated heterocycles. The van der Waals surface area contributed by atoms with Crippen LogP contribution in [-0.4, -0.2) is 43.6 Å². The van der Waals surface area contributed by atoms with Crippen LogP contribution in [-0.2, 0) is 28.6 Å². The summed E-state index contributed by atoms with van der Waals surface area (Å²) in [5.41, 5.74) is -0.842. The van der Waals surface area contributed by atoms with Gasteiger partial charge in [-0.15, -0.1) is 0 Å². The van der Waals surface area contributed by atoms with E-state index in [0.717, 1.165) is 6.08 Å². The van der Waals surface area contributed by atoms with Gasteiger partial charge in [0.2, 0.25) is 5.90 Å². The summed E-state index contributed by atoms with van der Waals surface area (Å²) >= 11 is 0. The first-order valence-corrected chi connectivity index (χ1v) is 7.22. The molecule has 2 rings (SSSR count). The fraction of sp³-hybridized carbons (Fsp3) is 0.294. The third kappa shape index (κ3) is 3.87. The first kappa shape index (κ1) is 17.4. The van der Waals surface area contributed by atoms with Crippen LogP contribution in [0.3, 0.4) is 0 Å². The fourth-order valence-corrected chi connectivity index (χ4v) is 2.15. The normalized spacial score (nSPS) is 19.8. The number of ether oxygens (including phenoxy) is 3. The van der Waals surface area contributed by atoms with E-state index in [1.807, 2.05) is 6.07 Å². The lowest BCUT2D eigenvalue weighted by molar-refractivity contribution is -0.142. The smallest absolute Gasteiger partial charge is 0.344 e. The molecule has 1 aromatic carbocycles. The van der Waals surface area contributed by atoms with Crippen LogP contribution < -0.4 is 0 Å². The van der Waals surface area contributed by atoms with Crippen molar-refractivity contribution in [1.29, 1.82) is 0 Å². The molecule has 1 aliphatic rings. The Bertz CT molecular complexity index is 694. The predicted molar refractivity (Wildman–Crippen MR) is 84.2 cm³/mol. The van der Waals surface area contributed by atoms with E-state index in [-0.39, 0.29) is 18.7 Å². The van der Waals surface area contributed by atoms with Crippen molar-refractivity contribution in [3.63, 3.8) is 0 Å². The highest BCUT2D eigenvalue weighted by Crippen LogP contribution is 2.30. The van der Waals surface area contributed by atoms with Gasteiger partial charge in [0.25, 0.3) is 0 Å². The van der Waals surface area contributed by atoms with E-state index in [4.69, 9.17) is 4.74 Å². The molecule has 0 radical (unpaired) electrons. The second-order valence-corrected chi connectivity index (χ2v) is 5.03. The first-order chi connectivity index (χ1) is 11.5. The molecular formula is C17H17NO6. The number of benzene rings is 1. The lowest BCUT2D eigenvalue weighted by Gasteiger charge is -2.16. The van der Waals surface area contributed by atoms with Gasteiger partial charge in [-0.25, -0.2) is 14.6 Å². The van der Waals surface area contributed by atoms with Crippen molar-refractivity contribution in [2.45, 2.75) is 18.4 Å². The van der Waals surface area contributed by atoms with Crippen LogP contribution >= 0.6 is 0 Å². The maximum absolute atomic E-state index is 12.4. The van der Waals surface area contributed by atoms with Crippen LogP contribution in [0.1, 0.15) is 18.4 Å². The molecule has 0 bridgehead atoms. The van der Waals surface area contributed by atoms with Crippen molar-refractivity contribution in [2.75, 3.05) is 14.2 Å². The number of nitrogens with zero attached hydrogens (tertiary/aromatic N) is 1. The Morgan fingerprint density at radius 2 is 1.92 bits per heavy atom. The molecule has 0 fully saturated rings. The average molecular weight is 331 g/mol. The Labute approximate surface area is 138 Å². The van der Waals surface area contributed by atoms with Crippen molar-refractivity contribution < 1.29 is 28.6 Å². The quantitative estimate of drug-likeness (QED) is 0.445. The van der Waals surface area contributed by atoms with Crippen molar-refractivity contribution in [1.82, 2.24) is 0 Å². The predicted octanol–water partition coefficient (Wildman–Crippen LogP) is 1.41. The number of methoxy groups -OCH3 is 2. The molecule has 7 heteroatoms. The Morgan fingerprint density at radius 3 is 2.54 bits per heavy atom. The van der Waals surface area contributed by atoms with Gasteiger partial charge < -0.3 is 14.2 Å². The van der Waals surface area contributed by atoms with Gasteiger partial charge in [0.1, 0.15) is 0 Å². The zero-order valence-corrected chi connectivity index (χ0v) is 13.4. The fourth-order valence-electron chi connectivity index (χ4n) is 2.15. The van der Waals surface area contributed by atoms with Gasteiger partial charge in [-0.3, -0.25) is 4.79 Å². The van der Waals surface area contributed by atoms with E-state index in [0.29, 0.717) is 5.56 Å². The van der Waals surface area contributed by atoms with Crippen LogP contribution in [0.15, 0.2) is 47.5 Å². The van der Waals surface area contributed by atoms with E-state index < -0.39 is 23.4 Å². The molecule has 0 spiro atoms. The van der Waals surface area contributed by atoms with Crippen LogP contribution in [0.2, 0.25) is 0 Å². The molecule has 7 nitrogen and oxygen atoms in total. The van der Waals surface area contributed by atoms with Gasteiger partial charge in [-0.1, -0.05) is 18.2 Å². The van der Waals surface area contributed by atoms with Gasteiger partial charge in [-0.05, 0) is 24.6 Å². The molecule has 1 heterocycles. The summed E-state index contributed by atoms with van der Waals surface area (Å²) in [4.78, 5) is 39.5. The molecule has 0 aromatic heterocycles. The number of aliphatic imine (C=N–C) groups is 1. The largest absolute Gasteiger partial charge is 0.469 e. The van der Waals surface area contributed by atoms with E-state index in [1.54, 1.807) is 24.3 Å². The van der Waals surface area contributed by atoms with Gasteiger partial charge in [0.05, 0.1) is 14.2 Å². The number of esters is 3. The topological polar surface area (TPSA) is 91.3 Å². The van der Waals surface area contributed by atoms with Gasteiger partial charge in [0.15, 0.2) is 5.54 Å². The first-order valence-electron chi connectivity index (χ1n) is 7.22. The summed E-state index contributed by atoms with van der Waals surface area (Å²) in [5.74, 6) is -1.65. The molecule has 0 aliphatic carbocycles. The second-order valence-electron chi connectivity index (χ2n) is 5.03. The van der Waals surface area contributed by atoms with Gasteiger partial charge in [0, 0.05) is 18.1 Å². The number of rotatable bonds is 6. The minimum absolute atomic E-state index is 0.0162. The molecule has 1 unspecified atom stereocenters. The number of hydrogen-bond acceptors (Lipinski definition) is 7. The van der Waals surface area contributed by atoms with E-state index >= 15 is 0 Å². The highest BCUT2D eigenvalue weighted by Gasteiger charge is 2.44. The molecule has 126 valence electrons. The zero-order chi connectivity index (χ0) is 17.6. The lowest BCUT2D eigenvalue weighted by atomic mass is 9.94. The third-order valence-electron chi connectivity index (χ3n) is 3.50. The Kier molecular flexibility index (Phi) is 5.47. The second kappa shape index (κ2) is 7.54. The maximum Gasteiger partial charge on any atom is 0.344 e. The van der Waals surface area contributed by atoms with Crippen LogP contribution in [0, 0.1) is 0 Å². The van der Waals surface area contributed by atoms with Crippen molar-refractivity contribution in [3.8, 4) is 0 Å². The molecular weight excluding hydrogens is 314 g/mol. The minimum Gasteiger partial charge on any atom is -0.469 e. The zero-order valence-electron chi connectivity index (χ0n) is 13.4. The summed E-state index contributed by atoms with van der Waals surface area (Å²) in [6, 6.07) is 8.87. The van der Waals surface area contributed by atoms with E-state index in [9.17, 15) is 14.4 Å². The van der Waals surface area contributed by atoms with E-state index in [1.165, 1.54) is 20.3 Å². The van der Waals surface area contributed by atoms with E-state index in [2.05, 4.69) is 14.5 Å². The summed E-state index contributed by atoms with van der Waals surface area (Å²) in [6.45, 7) is 0. The lowest BCUT2D eigenvalue weighted by Crippen LogP contribution is -2.32. The van der Waals surface area contributed by atoms with Crippen LogP contribution in [0.5, 0.6) is 0 Å². The SMILES string of the molecule is COC(=O)/C=C\C1(CCC(=O)OC)N=C(c2ccccc2)OC1=O. The van der Waals surface area contributed by atoms with Crippen molar-refractivity contribution in [2.24, 2.45) is 4.99 Å². The summed E-state index contributed by atoms with van der Waals surface area (Å²) in [7, 11) is 2.48. The summed E-state index contributed by atoms with van der Waals surface area (Å²) in [6.07, 6.45) is 2.35. The van der Waals surface area contributed by atoms with Gasteiger partial charge in [-0.2, -0.15) is 0 Å². The Hall–Kier alpha value is -2.96. The van der Waals surface area contributed by atoms with Crippen LogP contribution in [0.25, 0.3) is 0 Å². The molecule has 1 aliphatic heterocycles. The van der Waals surface area contributed by atoms with Crippen molar-refractivity contribution >= 4 is 23.8 Å². The number of carbonyl (C=O) groups excluding carboxylic acids is 3. The maximum atomic E-state index is 12.4. The Balaban J connectivity index is 2.35. The highest BCUT2D eigenvalue weighted by atomic mass is 16.6. The third-order valence-corrected chi connectivity index (χ3v) is 3.50. The molecule has 24 heavy (non-hydrogen) atoms.